The Labute approximate surface area is 176 Å². The summed E-state index contributed by atoms with van der Waals surface area (Å²) >= 11 is 0. The molecule has 1 amide bonds. The van der Waals surface area contributed by atoms with Gasteiger partial charge < -0.3 is 24.0 Å². The Morgan fingerprint density at radius 3 is 1.93 bits per heavy atom. The van der Waals surface area contributed by atoms with Crippen molar-refractivity contribution < 1.29 is 33.0 Å². The van der Waals surface area contributed by atoms with Crippen molar-refractivity contribution in [3.8, 4) is 0 Å². The number of piperazine rings is 1. The van der Waals surface area contributed by atoms with Gasteiger partial charge >= 0.3 is 18.0 Å². The molecule has 1 saturated heterocycles. The van der Waals surface area contributed by atoms with Gasteiger partial charge in [-0.3, -0.25) is 0 Å². The number of benzene rings is 1. The van der Waals surface area contributed by atoms with Crippen molar-refractivity contribution in [2.75, 3.05) is 45.3 Å². The molecule has 0 N–H and O–H groups in total. The van der Waals surface area contributed by atoms with Crippen LogP contribution in [-0.4, -0.2) is 68.9 Å². The molecule has 0 bridgehead atoms. The van der Waals surface area contributed by atoms with Crippen LogP contribution >= 0.6 is 0 Å². The number of ether oxygens (including phenoxy) is 3. The summed E-state index contributed by atoms with van der Waals surface area (Å²) in [6.07, 6.45) is -0.408. The standard InChI is InChI=1S/C19H25FN2O6.C2H6/c1-19(2,3)28-18(25)22-8-6-21(7-9-22)12-10-13(16(23)26-4)15(14(20)11-12)17(24)27-5;1-2/h10-11H,6-9H2,1-5H3;1-2H3. The molecule has 0 unspecified atom stereocenters. The fourth-order valence-electron chi connectivity index (χ4n) is 2.83. The zero-order valence-corrected chi connectivity index (χ0v) is 18.7. The Balaban J connectivity index is 0.00000218. The molecule has 0 spiro atoms. The molecule has 168 valence electrons. The predicted molar refractivity (Wildman–Crippen MR) is 110 cm³/mol. The van der Waals surface area contributed by atoms with Crippen molar-refractivity contribution in [2.45, 2.75) is 40.2 Å². The van der Waals surface area contributed by atoms with Crippen LogP contribution in [0.15, 0.2) is 12.1 Å². The Morgan fingerprint density at radius 2 is 1.47 bits per heavy atom. The fraction of sp³-hybridized carbons (Fsp3) is 0.571. The second-order valence-corrected chi connectivity index (χ2v) is 7.29. The highest BCUT2D eigenvalue weighted by atomic mass is 19.1. The van der Waals surface area contributed by atoms with Gasteiger partial charge in [-0.2, -0.15) is 0 Å². The Morgan fingerprint density at radius 1 is 0.933 bits per heavy atom. The highest BCUT2D eigenvalue weighted by Gasteiger charge is 2.29. The molecule has 1 aromatic rings. The first kappa shape index (κ1) is 25.2. The monoisotopic (exact) mass is 426 g/mol. The summed E-state index contributed by atoms with van der Waals surface area (Å²) in [5, 5.41) is 0. The van der Waals surface area contributed by atoms with Gasteiger partial charge in [0.2, 0.25) is 0 Å². The molecule has 9 heteroatoms. The highest BCUT2D eigenvalue weighted by Crippen LogP contribution is 2.26. The third kappa shape index (κ3) is 6.33. The molecule has 1 fully saturated rings. The SMILES string of the molecule is CC.COC(=O)c1cc(N2CCN(C(=O)OC(C)(C)C)CC2)cc(F)c1C(=O)OC. The number of carbonyl (C=O) groups is 3. The lowest BCUT2D eigenvalue weighted by Gasteiger charge is -2.37. The van der Waals surface area contributed by atoms with E-state index in [0.29, 0.717) is 31.9 Å². The number of carbonyl (C=O) groups excluding carboxylic acids is 3. The zero-order chi connectivity index (χ0) is 23.1. The number of hydrogen-bond acceptors (Lipinski definition) is 7. The first-order chi connectivity index (χ1) is 14.1. The van der Waals surface area contributed by atoms with E-state index in [1.165, 1.54) is 12.1 Å². The van der Waals surface area contributed by atoms with Crippen molar-refractivity contribution in [2.24, 2.45) is 0 Å². The Kier molecular flexibility index (Phi) is 9.07. The average Bonchev–Trinajstić information content (AvgIpc) is 2.72. The molecule has 0 radical (unpaired) electrons. The summed E-state index contributed by atoms with van der Waals surface area (Å²) in [5.74, 6) is -2.67. The molecule has 1 aliphatic rings. The number of methoxy groups -OCH3 is 2. The van der Waals surface area contributed by atoms with Crippen LogP contribution in [0.1, 0.15) is 55.3 Å². The quantitative estimate of drug-likeness (QED) is 0.540. The van der Waals surface area contributed by atoms with Gasteiger partial charge in [-0.1, -0.05) is 13.8 Å². The summed E-state index contributed by atoms with van der Waals surface area (Å²) in [5.41, 5.74) is -0.852. The molecule has 0 aliphatic carbocycles. The summed E-state index contributed by atoms with van der Waals surface area (Å²) < 4.78 is 29.1. The lowest BCUT2D eigenvalue weighted by molar-refractivity contribution is 0.0240. The number of nitrogens with zero attached hydrogens (tertiary/aromatic N) is 2. The molecular weight excluding hydrogens is 395 g/mol. The van der Waals surface area contributed by atoms with Crippen LogP contribution < -0.4 is 4.90 Å². The third-order valence-electron chi connectivity index (χ3n) is 4.17. The number of amides is 1. The van der Waals surface area contributed by atoms with Crippen LogP contribution in [0.5, 0.6) is 0 Å². The summed E-state index contributed by atoms with van der Waals surface area (Å²) in [7, 11) is 2.25. The minimum Gasteiger partial charge on any atom is -0.465 e. The van der Waals surface area contributed by atoms with Crippen LogP contribution in [0.2, 0.25) is 0 Å². The number of halogens is 1. The Hall–Kier alpha value is -2.84. The second-order valence-electron chi connectivity index (χ2n) is 7.29. The summed E-state index contributed by atoms with van der Waals surface area (Å²) in [4.78, 5) is 39.4. The van der Waals surface area contributed by atoms with E-state index < -0.39 is 35.0 Å². The highest BCUT2D eigenvalue weighted by molar-refractivity contribution is 6.04. The number of esters is 2. The molecule has 0 atom stereocenters. The third-order valence-corrected chi connectivity index (χ3v) is 4.17. The van der Waals surface area contributed by atoms with Crippen LogP contribution in [0.4, 0.5) is 14.9 Å². The van der Waals surface area contributed by atoms with E-state index in [0.717, 1.165) is 14.2 Å². The largest absolute Gasteiger partial charge is 0.465 e. The predicted octanol–water partition coefficient (Wildman–Crippen LogP) is 3.48. The molecule has 8 nitrogen and oxygen atoms in total. The number of anilines is 1. The van der Waals surface area contributed by atoms with Gasteiger partial charge in [0, 0.05) is 31.9 Å². The van der Waals surface area contributed by atoms with E-state index in [9.17, 15) is 18.8 Å². The zero-order valence-electron chi connectivity index (χ0n) is 18.7. The maximum absolute atomic E-state index is 14.6. The van der Waals surface area contributed by atoms with E-state index in [2.05, 4.69) is 9.47 Å². The maximum Gasteiger partial charge on any atom is 0.410 e. The minimum absolute atomic E-state index is 0.209. The molecule has 1 aromatic carbocycles. The minimum atomic E-state index is -0.959. The molecule has 2 rings (SSSR count). The molecule has 30 heavy (non-hydrogen) atoms. The Bertz CT molecular complexity index is 767. The first-order valence-corrected chi connectivity index (χ1v) is 9.80. The molecule has 0 saturated carbocycles. The lowest BCUT2D eigenvalue weighted by Crippen LogP contribution is -2.50. The molecule has 1 aliphatic heterocycles. The van der Waals surface area contributed by atoms with Crippen molar-refractivity contribution in [3.05, 3.63) is 29.1 Å². The summed E-state index contributed by atoms with van der Waals surface area (Å²) in [6.45, 7) is 11.0. The van der Waals surface area contributed by atoms with Crippen LogP contribution in [0, 0.1) is 5.82 Å². The average molecular weight is 426 g/mol. The lowest BCUT2D eigenvalue weighted by atomic mass is 10.0. The van der Waals surface area contributed by atoms with E-state index in [1.807, 2.05) is 18.7 Å². The van der Waals surface area contributed by atoms with E-state index in [1.54, 1.807) is 25.7 Å². The maximum atomic E-state index is 14.6. The van der Waals surface area contributed by atoms with E-state index in [4.69, 9.17) is 4.74 Å². The van der Waals surface area contributed by atoms with Gasteiger partial charge in [0.15, 0.2) is 0 Å². The number of rotatable bonds is 3. The fourth-order valence-corrected chi connectivity index (χ4v) is 2.83. The van der Waals surface area contributed by atoms with Gasteiger partial charge in [-0.25, -0.2) is 18.8 Å². The first-order valence-electron chi connectivity index (χ1n) is 9.80. The van der Waals surface area contributed by atoms with Crippen molar-refractivity contribution in [1.29, 1.82) is 0 Å². The van der Waals surface area contributed by atoms with E-state index in [-0.39, 0.29) is 5.56 Å². The van der Waals surface area contributed by atoms with Gasteiger partial charge in [-0.05, 0) is 32.9 Å². The van der Waals surface area contributed by atoms with Gasteiger partial charge in [-0.15, -0.1) is 0 Å². The van der Waals surface area contributed by atoms with Gasteiger partial charge in [0.05, 0.1) is 19.8 Å². The van der Waals surface area contributed by atoms with Crippen LogP contribution in [0.3, 0.4) is 0 Å². The summed E-state index contributed by atoms with van der Waals surface area (Å²) in [6, 6.07) is 2.56. The second kappa shape index (κ2) is 10.8. The molecular formula is C21H31FN2O6. The van der Waals surface area contributed by atoms with Crippen molar-refractivity contribution in [1.82, 2.24) is 4.90 Å². The van der Waals surface area contributed by atoms with Gasteiger partial charge in [0.1, 0.15) is 17.0 Å². The molecule has 0 aromatic heterocycles. The number of hydrogen-bond donors (Lipinski definition) is 0. The van der Waals surface area contributed by atoms with Gasteiger partial charge in [0.25, 0.3) is 0 Å². The topological polar surface area (TPSA) is 85.4 Å². The van der Waals surface area contributed by atoms with Crippen LogP contribution in [0.25, 0.3) is 0 Å². The normalized spacial score (nSPS) is 13.7. The van der Waals surface area contributed by atoms with Crippen molar-refractivity contribution >= 4 is 23.7 Å². The smallest absolute Gasteiger partial charge is 0.410 e. The molecule has 1 heterocycles. The van der Waals surface area contributed by atoms with E-state index >= 15 is 0 Å². The van der Waals surface area contributed by atoms with Crippen LogP contribution in [-0.2, 0) is 14.2 Å². The van der Waals surface area contributed by atoms with Crippen molar-refractivity contribution in [3.63, 3.8) is 0 Å².